The number of nitrogens with one attached hydrogen (secondary N) is 1. The Bertz CT molecular complexity index is 984. The number of hydrogen-bond donors (Lipinski definition) is 6. The van der Waals surface area contributed by atoms with Gasteiger partial charge in [0, 0.05) is 6.42 Å². The summed E-state index contributed by atoms with van der Waals surface area (Å²) in [5.41, 5.74) is 7.44. The first-order valence-electron chi connectivity index (χ1n) is 9.09. The third kappa shape index (κ3) is 3.73. The molecule has 2 aromatic heterocycles. The van der Waals surface area contributed by atoms with E-state index in [-0.39, 0.29) is 22.9 Å². The van der Waals surface area contributed by atoms with Crippen molar-refractivity contribution in [1.82, 2.24) is 19.5 Å². The molecule has 11 nitrogen and oxygen atoms in total. The van der Waals surface area contributed by atoms with Gasteiger partial charge < -0.3 is 36.2 Å². The molecule has 0 radical (unpaired) electrons. The molecule has 0 aliphatic carbocycles. The van der Waals surface area contributed by atoms with Gasteiger partial charge in [-0.15, -0.1) is 0 Å². The van der Waals surface area contributed by atoms with Crippen LogP contribution in [0.4, 0.5) is 11.8 Å². The number of anilines is 2. The quantitative estimate of drug-likeness (QED) is 0.281. The number of nitrogens with zero attached hydrogens (tertiary/aromatic N) is 4. The normalized spacial score (nSPS) is 25.4. The van der Waals surface area contributed by atoms with Gasteiger partial charge in [0.1, 0.15) is 30.1 Å². The predicted octanol–water partition coefficient (Wildman–Crippen LogP) is -1.01. The minimum atomic E-state index is -1.29. The summed E-state index contributed by atoms with van der Waals surface area (Å²) in [6.07, 6.45) is -3.76. The number of aliphatic hydroxyl groups excluding tert-OH is 4. The van der Waals surface area contributed by atoms with E-state index >= 15 is 0 Å². The fraction of sp³-hybridized carbons (Fsp3) is 0.389. The molecule has 0 spiro atoms. The minimum Gasteiger partial charge on any atom is -0.394 e. The maximum absolute atomic E-state index is 10.3. The van der Waals surface area contributed by atoms with Crippen LogP contribution in [-0.2, 0) is 11.2 Å². The zero-order chi connectivity index (χ0) is 20.5. The van der Waals surface area contributed by atoms with Crippen molar-refractivity contribution in [2.45, 2.75) is 37.2 Å². The molecule has 29 heavy (non-hydrogen) atoms. The van der Waals surface area contributed by atoms with Gasteiger partial charge in [-0.25, -0.2) is 4.98 Å². The van der Waals surface area contributed by atoms with E-state index in [1.807, 2.05) is 30.3 Å². The second kappa shape index (κ2) is 7.89. The second-order valence-corrected chi connectivity index (χ2v) is 6.84. The summed E-state index contributed by atoms with van der Waals surface area (Å²) in [7, 11) is 0. The monoisotopic (exact) mass is 402 g/mol. The SMILES string of the molecule is Nc1nc(NC(O)Cc2ccccc2)nc2c1ncn2[C@@H]1O[C@H](CO)C(O)C1O. The number of imidazole rings is 1. The van der Waals surface area contributed by atoms with Crippen molar-refractivity contribution in [3.8, 4) is 0 Å². The summed E-state index contributed by atoms with van der Waals surface area (Å²) in [6.45, 7) is -0.447. The molecular weight excluding hydrogens is 380 g/mol. The van der Waals surface area contributed by atoms with Crippen LogP contribution in [0.2, 0.25) is 0 Å². The van der Waals surface area contributed by atoms with Gasteiger partial charge in [-0.05, 0) is 5.56 Å². The lowest BCUT2D eigenvalue weighted by molar-refractivity contribution is -0.0511. The summed E-state index contributed by atoms with van der Waals surface area (Å²) in [4.78, 5) is 12.6. The number of nitrogen functional groups attached to an aromatic ring is 1. The number of benzene rings is 1. The number of nitrogens with two attached hydrogens (primary N) is 1. The Balaban J connectivity index is 1.60. The molecule has 1 aromatic carbocycles. The molecule has 1 aliphatic heterocycles. The molecule has 0 bridgehead atoms. The molecule has 4 rings (SSSR count). The van der Waals surface area contributed by atoms with Crippen molar-refractivity contribution < 1.29 is 25.2 Å². The van der Waals surface area contributed by atoms with E-state index in [2.05, 4.69) is 20.3 Å². The molecule has 3 aromatic rings. The Morgan fingerprint density at radius 3 is 2.62 bits per heavy atom. The molecule has 3 unspecified atom stereocenters. The van der Waals surface area contributed by atoms with Crippen LogP contribution in [-0.4, -0.2) is 71.1 Å². The maximum Gasteiger partial charge on any atom is 0.228 e. The van der Waals surface area contributed by atoms with Gasteiger partial charge in [0.15, 0.2) is 17.7 Å². The lowest BCUT2D eigenvalue weighted by Gasteiger charge is -2.17. The highest BCUT2D eigenvalue weighted by Gasteiger charge is 2.44. The average molecular weight is 402 g/mol. The van der Waals surface area contributed by atoms with Crippen LogP contribution in [0.3, 0.4) is 0 Å². The Morgan fingerprint density at radius 1 is 1.17 bits per heavy atom. The smallest absolute Gasteiger partial charge is 0.228 e. The molecule has 0 saturated carbocycles. The number of hydrogen-bond acceptors (Lipinski definition) is 10. The molecule has 5 atom stereocenters. The highest BCUT2D eigenvalue weighted by atomic mass is 16.6. The number of rotatable bonds is 6. The van der Waals surface area contributed by atoms with Crippen LogP contribution in [0.25, 0.3) is 11.2 Å². The van der Waals surface area contributed by atoms with Gasteiger partial charge in [0.2, 0.25) is 5.95 Å². The zero-order valence-corrected chi connectivity index (χ0v) is 15.3. The fourth-order valence-corrected chi connectivity index (χ4v) is 3.34. The van der Waals surface area contributed by atoms with E-state index in [1.165, 1.54) is 10.9 Å². The van der Waals surface area contributed by atoms with Crippen LogP contribution in [0.5, 0.6) is 0 Å². The molecule has 154 valence electrons. The third-order valence-corrected chi connectivity index (χ3v) is 4.81. The average Bonchev–Trinajstić information content (AvgIpc) is 3.24. The first kappa shape index (κ1) is 19.5. The Labute approximate surface area is 165 Å². The van der Waals surface area contributed by atoms with E-state index in [9.17, 15) is 20.4 Å². The predicted molar refractivity (Wildman–Crippen MR) is 103 cm³/mol. The van der Waals surface area contributed by atoms with Gasteiger partial charge in [-0.3, -0.25) is 4.57 Å². The van der Waals surface area contributed by atoms with Crippen molar-refractivity contribution in [3.63, 3.8) is 0 Å². The van der Waals surface area contributed by atoms with E-state index in [1.54, 1.807) is 0 Å². The summed E-state index contributed by atoms with van der Waals surface area (Å²) in [6, 6.07) is 9.42. The molecule has 11 heteroatoms. The lowest BCUT2D eigenvalue weighted by atomic mass is 10.1. The molecule has 1 saturated heterocycles. The van der Waals surface area contributed by atoms with Crippen LogP contribution in [0.1, 0.15) is 11.8 Å². The summed E-state index contributed by atoms with van der Waals surface area (Å²) >= 11 is 0. The minimum absolute atomic E-state index is 0.0759. The summed E-state index contributed by atoms with van der Waals surface area (Å²) < 4.78 is 6.94. The van der Waals surface area contributed by atoms with Crippen LogP contribution >= 0.6 is 0 Å². The Kier molecular flexibility index (Phi) is 5.30. The molecule has 1 fully saturated rings. The maximum atomic E-state index is 10.3. The van der Waals surface area contributed by atoms with Crippen LogP contribution in [0.15, 0.2) is 36.7 Å². The van der Waals surface area contributed by atoms with Gasteiger partial charge in [-0.1, -0.05) is 30.3 Å². The topological polar surface area (TPSA) is 172 Å². The van der Waals surface area contributed by atoms with Crippen LogP contribution < -0.4 is 11.1 Å². The fourth-order valence-electron chi connectivity index (χ4n) is 3.34. The first-order valence-corrected chi connectivity index (χ1v) is 9.09. The van der Waals surface area contributed by atoms with E-state index in [0.717, 1.165) is 5.56 Å². The second-order valence-electron chi connectivity index (χ2n) is 6.84. The van der Waals surface area contributed by atoms with Crippen LogP contribution in [0, 0.1) is 0 Å². The van der Waals surface area contributed by atoms with Crippen molar-refractivity contribution >= 4 is 22.9 Å². The van der Waals surface area contributed by atoms with Crippen molar-refractivity contribution in [1.29, 1.82) is 0 Å². The van der Waals surface area contributed by atoms with Crippen molar-refractivity contribution in [2.75, 3.05) is 17.7 Å². The zero-order valence-electron chi connectivity index (χ0n) is 15.3. The number of aromatic nitrogens is 4. The van der Waals surface area contributed by atoms with Gasteiger partial charge >= 0.3 is 0 Å². The highest BCUT2D eigenvalue weighted by Crippen LogP contribution is 2.32. The van der Waals surface area contributed by atoms with Crippen molar-refractivity contribution in [2.24, 2.45) is 0 Å². The molecule has 7 N–H and O–H groups in total. The summed E-state index contributed by atoms with van der Waals surface area (Å²) in [5, 5.41) is 42.7. The Morgan fingerprint density at radius 2 is 1.93 bits per heavy atom. The highest BCUT2D eigenvalue weighted by molar-refractivity contribution is 5.83. The first-order chi connectivity index (χ1) is 14.0. The number of aliphatic hydroxyl groups is 4. The lowest BCUT2D eigenvalue weighted by Crippen LogP contribution is -2.33. The molecule has 3 heterocycles. The van der Waals surface area contributed by atoms with E-state index < -0.39 is 37.4 Å². The largest absolute Gasteiger partial charge is 0.394 e. The number of ether oxygens (including phenoxy) is 1. The van der Waals surface area contributed by atoms with E-state index in [0.29, 0.717) is 6.42 Å². The number of fused-ring (bicyclic) bond motifs is 1. The van der Waals surface area contributed by atoms with Gasteiger partial charge in [-0.2, -0.15) is 9.97 Å². The molecule has 1 aliphatic rings. The third-order valence-electron chi connectivity index (χ3n) is 4.81. The molecular formula is C18H22N6O5. The van der Waals surface area contributed by atoms with Gasteiger partial charge in [0.25, 0.3) is 0 Å². The Hall–Kier alpha value is -2.83. The van der Waals surface area contributed by atoms with Gasteiger partial charge in [0.05, 0.1) is 12.9 Å². The van der Waals surface area contributed by atoms with E-state index in [4.69, 9.17) is 10.5 Å². The molecule has 0 amide bonds. The standard InChI is InChI=1S/C18H22N6O5/c19-15-12-16(24(8-20-12)17-14(28)13(27)10(7-25)29-17)23-18(22-15)21-11(26)6-9-4-2-1-3-5-9/h1-5,8,10-11,13-14,17,25-28H,6-7H2,(H3,19,21,22,23)/t10-,11?,13?,14?,17-/m1/s1. The summed E-state index contributed by atoms with van der Waals surface area (Å²) in [5.74, 6) is 0.154. The van der Waals surface area contributed by atoms with Crippen molar-refractivity contribution in [3.05, 3.63) is 42.2 Å².